The van der Waals surface area contributed by atoms with Crippen molar-refractivity contribution in [1.29, 1.82) is 0 Å². The maximum absolute atomic E-state index is 9.86. The smallest absolute Gasteiger partial charge is 0.0936 e. The Hall–Kier alpha value is -0.120. The largest absolute Gasteiger partial charge is 0.390 e. The predicted octanol–water partition coefficient (Wildman–Crippen LogP) is 0.622. The maximum Gasteiger partial charge on any atom is 0.0936 e. The second-order valence-electron chi connectivity index (χ2n) is 4.61. The first-order valence-corrected chi connectivity index (χ1v) is 5.22. The van der Waals surface area contributed by atoms with Gasteiger partial charge in [-0.3, -0.25) is 0 Å². The fourth-order valence-electron chi connectivity index (χ4n) is 1.96. The molecule has 3 heteroatoms. The molecule has 0 radical (unpaired) electrons. The highest BCUT2D eigenvalue weighted by Crippen LogP contribution is 2.22. The van der Waals surface area contributed by atoms with Gasteiger partial charge < -0.3 is 14.7 Å². The van der Waals surface area contributed by atoms with Crippen LogP contribution < -0.4 is 0 Å². The average molecular weight is 185 g/mol. The highest BCUT2D eigenvalue weighted by molar-refractivity contribution is 4.82. The standard InChI is InChI=1S/C10H19NO2/c1-10(12)3-2-5-11(6-4-10)7-9-8-13-9/h9,12H,2-8H2,1H3/t9-,10?/m0/s1. The van der Waals surface area contributed by atoms with Gasteiger partial charge in [0.25, 0.3) is 0 Å². The first-order valence-electron chi connectivity index (χ1n) is 5.22. The number of aliphatic hydroxyl groups is 1. The number of ether oxygens (including phenoxy) is 1. The van der Waals surface area contributed by atoms with Gasteiger partial charge in [0.2, 0.25) is 0 Å². The van der Waals surface area contributed by atoms with Gasteiger partial charge >= 0.3 is 0 Å². The summed E-state index contributed by atoms with van der Waals surface area (Å²) in [5, 5.41) is 9.86. The molecule has 2 atom stereocenters. The van der Waals surface area contributed by atoms with Crippen molar-refractivity contribution in [1.82, 2.24) is 4.90 Å². The van der Waals surface area contributed by atoms with Crippen LogP contribution in [0.15, 0.2) is 0 Å². The van der Waals surface area contributed by atoms with E-state index in [9.17, 15) is 5.11 Å². The van der Waals surface area contributed by atoms with Gasteiger partial charge in [0.1, 0.15) is 0 Å². The minimum atomic E-state index is -0.431. The second-order valence-corrected chi connectivity index (χ2v) is 4.61. The Morgan fingerprint density at radius 1 is 1.46 bits per heavy atom. The van der Waals surface area contributed by atoms with Crippen LogP contribution >= 0.6 is 0 Å². The lowest BCUT2D eigenvalue weighted by atomic mass is 9.98. The molecule has 2 aliphatic heterocycles. The Labute approximate surface area is 79.7 Å². The molecule has 2 rings (SSSR count). The summed E-state index contributed by atoms with van der Waals surface area (Å²) in [5.41, 5.74) is -0.431. The minimum Gasteiger partial charge on any atom is -0.390 e. The van der Waals surface area contributed by atoms with E-state index < -0.39 is 5.60 Å². The van der Waals surface area contributed by atoms with Crippen molar-refractivity contribution in [3.63, 3.8) is 0 Å². The van der Waals surface area contributed by atoms with Crippen LogP contribution in [0.1, 0.15) is 26.2 Å². The zero-order valence-electron chi connectivity index (χ0n) is 8.33. The third kappa shape index (κ3) is 2.93. The molecule has 76 valence electrons. The molecule has 13 heavy (non-hydrogen) atoms. The Bertz CT molecular complexity index is 178. The number of epoxide rings is 1. The quantitative estimate of drug-likeness (QED) is 0.641. The van der Waals surface area contributed by atoms with E-state index in [-0.39, 0.29) is 0 Å². The summed E-state index contributed by atoms with van der Waals surface area (Å²) in [6.07, 6.45) is 3.44. The molecule has 2 aliphatic rings. The van der Waals surface area contributed by atoms with Crippen molar-refractivity contribution in [3.05, 3.63) is 0 Å². The highest BCUT2D eigenvalue weighted by atomic mass is 16.6. The second kappa shape index (κ2) is 3.56. The van der Waals surface area contributed by atoms with Crippen molar-refractivity contribution in [3.8, 4) is 0 Å². The molecule has 0 spiro atoms. The van der Waals surface area contributed by atoms with E-state index in [0.29, 0.717) is 6.10 Å². The number of rotatable bonds is 2. The third-order valence-corrected chi connectivity index (χ3v) is 3.02. The van der Waals surface area contributed by atoms with Crippen molar-refractivity contribution in [2.75, 3.05) is 26.2 Å². The summed E-state index contributed by atoms with van der Waals surface area (Å²) in [4.78, 5) is 2.42. The Morgan fingerprint density at radius 2 is 2.23 bits per heavy atom. The van der Waals surface area contributed by atoms with Gasteiger partial charge in [0, 0.05) is 13.1 Å². The summed E-state index contributed by atoms with van der Waals surface area (Å²) < 4.78 is 5.20. The van der Waals surface area contributed by atoms with Crippen LogP contribution in [0.2, 0.25) is 0 Å². The summed E-state index contributed by atoms with van der Waals surface area (Å²) in [6, 6.07) is 0. The van der Waals surface area contributed by atoms with E-state index in [1.54, 1.807) is 0 Å². The molecule has 3 nitrogen and oxygen atoms in total. The highest BCUT2D eigenvalue weighted by Gasteiger charge is 2.29. The average Bonchev–Trinajstić information content (AvgIpc) is 2.83. The van der Waals surface area contributed by atoms with Gasteiger partial charge in [0.15, 0.2) is 0 Å². The summed E-state index contributed by atoms with van der Waals surface area (Å²) in [7, 11) is 0. The Balaban J connectivity index is 1.79. The lowest BCUT2D eigenvalue weighted by Gasteiger charge is -2.21. The van der Waals surface area contributed by atoms with Crippen molar-refractivity contribution >= 4 is 0 Å². The lowest BCUT2D eigenvalue weighted by molar-refractivity contribution is 0.0444. The summed E-state index contributed by atoms with van der Waals surface area (Å²) in [6.45, 7) is 6.09. The molecule has 0 aliphatic carbocycles. The van der Waals surface area contributed by atoms with Crippen LogP contribution in [0, 0.1) is 0 Å². The molecular weight excluding hydrogens is 166 g/mol. The fourth-order valence-corrected chi connectivity index (χ4v) is 1.96. The first-order chi connectivity index (χ1) is 6.16. The molecule has 2 saturated heterocycles. The van der Waals surface area contributed by atoms with Gasteiger partial charge in [-0.25, -0.2) is 0 Å². The number of likely N-dealkylation sites (tertiary alicyclic amines) is 1. The topological polar surface area (TPSA) is 36.0 Å². The van der Waals surface area contributed by atoms with Gasteiger partial charge in [-0.05, 0) is 32.7 Å². The van der Waals surface area contributed by atoms with Crippen molar-refractivity contribution < 1.29 is 9.84 Å². The molecule has 1 N–H and O–H groups in total. The Morgan fingerprint density at radius 3 is 2.92 bits per heavy atom. The number of hydrogen-bond acceptors (Lipinski definition) is 3. The summed E-state index contributed by atoms with van der Waals surface area (Å²) in [5.74, 6) is 0. The summed E-state index contributed by atoms with van der Waals surface area (Å²) >= 11 is 0. The first kappa shape index (κ1) is 9.44. The van der Waals surface area contributed by atoms with Gasteiger partial charge in [-0.1, -0.05) is 0 Å². The van der Waals surface area contributed by atoms with Crippen LogP contribution in [0.4, 0.5) is 0 Å². The van der Waals surface area contributed by atoms with E-state index in [1.165, 1.54) is 0 Å². The molecule has 0 amide bonds. The van der Waals surface area contributed by atoms with E-state index in [0.717, 1.165) is 45.5 Å². The molecule has 0 aromatic carbocycles. The van der Waals surface area contributed by atoms with E-state index in [2.05, 4.69) is 4.90 Å². The van der Waals surface area contributed by atoms with Crippen LogP contribution in [0.25, 0.3) is 0 Å². The predicted molar refractivity (Wildman–Crippen MR) is 50.7 cm³/mol. The zero-order chi connectivity index (χ0) is 9.31. The molecule has 2 fully saturated rings. The van der Waals surface area contributed by atoms with Crippen LogP contribution in [0.3, 0.4) is 0 Å². The SMILES string of the molecule is CC1(O)CCCN(C[C@H]2CO2)CC1. The van der Waals surface area contributed by atoms with Crippen LogP contribution in [-0.4, -0.2) is 48.0 Å². The molecule has 2 heterocycles. The van der Waals surface area contributed by atoms with Gasteiger partial charge in [-0.15, -0.1) is 0 Å². The van der Waals surface area contributed by atoms with Gasteiger partial charge in [-0.2, -0.15) is 0 Å². The number of nitrogens with zero attached hydrogens (tertiary/aromatic N) is 1. The van der Waals surface area contributed by atoms with E-state index >= 15 is 0 Å². The zero-order valence-corrected chi connectivity index (χ0v) is 8.33. The van der Waals surface area contributed by atoms with E-state index in [4.69, 9.17) is 4.74 Å². The van der Waals surface area contributed by atoms with Crippen LogP contribution in [0.5, 0.6) is 0 Å². The molecule has 0 aromatic heterocycles. The minimum absolute atomic E-state index is 0.431. The van der Waals surface area contributed by atoms with Crippen molar-refractivity contribution in [2.45, 2.75) is 37.9 Å². The molecule has 0 aromatic rings. The van der Waals surface area contributed by atoms with Crippen molar-refractivity contribution in [2.24, 2.45) is 0 Å². The molecular formula is C10H19NO2. The lowest BCUT2D eigenvalue weighted by Crippen LogP contribution is -2.31. The normalized spacial score (nSPS) is 41.5. The molecule has 0 saturated carbocycles. The monoisotopic (exact) mass is 185 g/mol. The van der Waals surface area contributed by atoms with Crippen LogP contribution in [-0.2, 0) is 4.74 Å². The maximum atomic E-state index is 9.86. The van der Waals surface area contributed by atoms with Gasteiger partial charge in [0.05, 0.1) is 18.3 Å². The Kier molecular flexibility index (Phi) is 2.58. The van der Waals surface area contributed by atoms with E-state index in [1.807, 2.05) is 6.92 Å². The fraction of sp³-hybridized carbons (Fsp3) is 1.00. The number of hydrogen-bond donors (Lipinski definition) is 1. The third-order valence-electron chi connectivity index (χ3n) is 3.02. The molecule has 1 unspecified atom stereocenters. The molecule has 0 bridgehead atoms.